The molecule has 0 saturated carbocycles. The molecule has 0 saturated heterocycles. The number of rotatable bonds is 25. The summed E-state index contributed by atoms with van der Waals surface area (Å²) in [5.41, 5.74) is 2.41. The fourth-order valence-corrected chi connectivity index (χ4v) is 5.88. The summed E-state index contributed by atoms with van der Waals surface area (Å²) in [5, 5.41) is 0.545. The second-order valence-corrected chi connectivity index (χ2v) is 13.6. The van der Waals surface area contributed by atoms with Crippen LogP contribution < -0.4 is 9.47 Å². The average molecular weight is 721 g/mol. The maximum Gasteiger partial charge on any atom is 0.347 e. The fourth-order valence-electron chi connectivity index (χ4n) is 5.64. The number of benzene rings is 3. The third-order valence-corrected chi connectivity index (χ3v) is 9.10. The number of ether oxygens (including phenoxy) is 4. The lowest BCUT2D eigenvalue weighted by molar-refractivity contribution is -0.153. The second kappa shape index (κ2) is 24.4. The zero-order valence-electron chi connectivity index (χ0n) is 30.9. The van der Waals surface area contributed by atoms with Gasteiger partial charge >= 0.3 is 17.9 Å². The lowest BCUT2D eigenvalue weighted by Gasteiger charge is -2.13. The van der Waals surface area contributed by atoms with Crippen molar-refractivity contribution in [3.8, 4) is 22.6 Å². The molecule has 0 amide bonds. The predicted molar refractivity (Wildman–Crippen MR) is 205 cm³/mol. The van der Waals surface area contributed by atoms with Gasteiger partial charge in [0.1, 0.15) is 11.5 Å². The minimum atomic E-state index is -1.03. The Bertz CT molecular complexity index is 1450. The number of esters is 3. The lowest BCUT2D eigenvalue weighted by Crippen LogP contribution is -2.26. The van der Waals surface area contributed by atoms with E-state index in [1.54, 1.807) is 12.1 Å². The van der Waals surface area contributed by atoms with Crippen LogP contribution in [0, 0.1) is 0 Å². The van der Waals surface area contributed by atoms with Crippen molar-refractivity contribution in [1.82, 2.24) is 0 Å². The van der Waals surface area contributed by atoms with Crippen LogP contribution in [-0.4, -0.2) is 37.2 Å². The van der Waals surface area contributed by atoms with Gasteiger partial charge in [-0.25, -0.2) is 14.4 Å². The first-order chi connectivity index (χ1) is 24.8. The van der Waals surface area contributed by atoms with Crippen LogP contribution in [0.1, 0.15) is 144 Å². The first-order valence-corrected chi connectivity index (χ1v) is 19.4. The molecule has 0 heterocycles. The van der Waals surface area contributed by atoms with E-state index in [-0.39, 0.29) is 11.3 Å². The lowest BCUT2D eigenvalue weighted by atomic mass is 10.0. The highest BCUT2D eigenvalue weighted by Gasteiger charge is 2.20. The van der Waals surface area contributed by atoms with E-state index in [0.717, 1.165) is 43.2 Å². The molecule has 0 aromatic heterocycles. The molecular weight excluding hydrogens is 664 g/mol. The topological polar surface area (TPSA) is 88.1 Å². The summed E-state index contributed by atoms with van der Waals surface area (Å²) in [5.74, 6) is -0.826. The van der Waals surface area contributed by atoms with Crippen molar-refractivity contribution in [2.24, 2.45) is 0 Å². The third kappa shape index (κ3) is 15.9. The van der Waals surface area contributed by atoms with Crippen LogP contribution >= 0.6 is 11.6 Å². The number of unbranched alkanes of at least 4 members (excludes halogenated alkanes) is 14. The summed E-state index contributed by atoms with van der Waals surface area (Å²) in [6, 6.07) is 18.7. The summed E-state index contributed by atoms with van der Waals surface area (Å²) in [7, 11) is 0. The van der Waals surface area contributed by atoms with Crippen LogP contribution in [0.5, 0.6) is 11.5 Å². The molecule has 0 radical (unpaired) electrons. The van der Waals surface area contributed by atoms with E-state index in [0.29, 0.717) is 29.5 Å². The summed E-state index contributed by atoms with van der Waals surface area (Å²) < 4.78 is 22.0. The first kappa shape index (κ1) is 41.6. The van der Waals surface area contributed by atoms with E-state index in [1.165, 1.54) is 102 Å². The van der Waals surface area contributed by atoms with Gasteiger partial charge in [-0.05, 0) is 79.4 Å². The molecule has 0 fully saturated rings. The van der Waals surface area contributed by atoms with Crippen molar-refractivity contribution in [1.29, 1.82) is 0 Å². The molecule has 8 heteroatoms. The van der Waals surface area contributed by atoms with Gasteiger partial charge in [-0.3, -0.25) is 0 Å². The largest absolute Gasteiger partial charge is 0.492 e. The standard InChI is InChI=1S/C43H57ClO7/c1-4-6-8-10-12-13-14-15-17-19-31-49-41(45)33(3)50-42(46)36-24-27-38(28-25-36)51-43(47)35-22-20-34(21-23-35)37-26-29-40(39(44)32-37)48-30-18-16-11-9-7-5-2/h20-29,32-33H,4-19,30-31H2,1-3H3/t33-/m0/s1. The molecule has 0 bridgehead atoms. The van der Waals surface area contributed by atoms with Crippen molar-refractivity contribution in [2.45, 2.75) is 130 Å². The summed E-state index contributed by atoms with van der Waals surface area (Å²) in [6.07, 6.45) is 18.1. The zero-order valence-corrected chi connectivity index (χ0v) is 31.6. The minimum absolute atomic E-state index is 0.228. The molecule has 0 aliphatic carbocycles. The Kier molecular flexibility index (Phi) is 19.9. The number of halogens is 1. The monoisotopic (exact) mass is 720 g/mol. The van der Waals surface area contributed by atoms with Crippen molar-refractivity contribution in [2.75, 3.05) is 13.2 Å². The van der Waals surface area contributed by atoms with Gasteiger partial charge in [0.2, 0.25) is 0 Å². The molecule has 7 nitrogen and oxygen atoms in total. The molecule has 0 aliphatic rings. The molecule has 3 rings (SSSR count). The smallest absolute Gasteiger partial charge is 0.347 e. The molecule has 0 aliphatic heterocycles. The highest BCUT2D eigenvalue weighted by molar-refractivity contribution is 6.32. The molecule has 3 aromatic rings. The SMILES string of the molecule is CCCCCCCCCCCCOC(=O)[C@H](C)OC(=O)c1ccc(OC(=O)c2ccc(-c3ccc(OCCCCCCCC)c(Cl)c3)cc2)cc1. The number of carbonyl (C=O) groups is 3. The van der Waals surface area contributed by atoms with Crippen molar-refractivity contribution < 1.29 is 33.3 Å². The number of carbonyl (C=O) groups excluding carboxylic acids is 3. The third-order valence-electron chi connectivity index (χ3n) is 8.80. The molecule has 278 valence electrons. The fraction of sp³-hybridized carbons (Fsp3) is 0.512. The van der Waals surface area contributed by atoms with Gasteiger partial charge in [-0.1, -0.05) is 134 Å². The van der Waals surface area contributed by atoms with Gasteiger partial charge in [0, 0.05) is 0 Å². The van der Waals surface area contributed by atoms with Gasteiger partial charge in [0.25, 0.3) is 0 Å². The molecular formula is C43H57ClO7. The maximum atomic E-state index is 12.8. The Balaban J connectivity index is 1.37. The zero-order chi connectivity index (χ0) is 36.7. The van der Waals surface area contributed by atoms with Gasteiger partial charge in [-0.2, -0.15) is 0 Å². The molecule has 51 heavy (non-hydrogen) atoms. The van der Waals surface area contributed by atoms with Crippen molar-refractivity contribution in [3.63, 3.8) is 0 Å². The quantitative estimate of drug-likeness (QED) is 0.0489. The second-order valence-electron chi connectivity index (χ2n) is 13.1. The molecule has 0 unspecified atom stereocenters. The van der Waals surface area contributed by atoms with E-state index in [4.69, 9.17) is 30.5 Å². The molecule has 1 atom stereocenters. The van der Waals surface area contributed by atoms with Crippen LogP contribution in [0.15, 0.2) is 66.7 Å². The number of hydrogen-bond donors (Lipinski definition) is 0. The Morgan fingerprint density at radius 2 is 1.08 bits per heavy atom. The van der Waals surface area contributed by atoms with E-state index >= 15 is 0 Å². The maximum absolute atomic E-state index is 12.8. The minimum Gasteiger partial charge on any atom is -0.492 e. The van der Waals surface area contributed by atoms with E-state index in [1.807, 2.05) is 30.3 Å². The predicted octanol–water partition coefficient (Wildman–Crippen LogP) is 12.0. The van der Waals surface area contributed by atoms with Crippen LogP contribution in [0.4, 0.5) is 0 Å². The molecule has 0 N–H and O–H groups in total. The highest BCUT2D eigenvalue weighted by Crippen LogP contribution is 2.31. The van der Waals surface area contributed by atoms with Gasteiger partial charge in [0.15, 0.2) is 6.10 Å². The van der Waals surface area contributed by atoms with Crippen LogP contribution in [-0.2, 0) is 14.3 Å². The first-order valence-electron chi connectivity index (χ1n) is 19.0. The van der Waals surface area contributed by atoms with Gasteiger partial charge in [0.05, 0.1) is 29.4 Å². The van der Waals surface area contributed by atoms with Gasteiger partial charge in [-0.15, -0.1) is 0 Å². The summed E-state index contributed by atoms with van der Waals surface area (Å²) in [4.78, 5) is 37.7. The Labute approximate surface area is 310 Å². The highest BCUT2D eigenvalue weighted by atomic mass is 35.5. The number of hydrogen-bond acceptors (Lipinski definition) is 7. The van der Waals surface area contributed by atoms with Gasteiger partial charge < -0.3 is 18.9 Å². The van der Waals surface area contributed by atoms with E-state index < -0.39 is 24.0 Å². The van der Waals surface area contributed by atoms with Crippen molar-refractivity contribution in [3.05, 3.63) is 82.9 Å². The van der Waals surface area contributed by atoms with Crippen LogP contribution in [0.3, 0.4) is 0 Å². The van der Waals surface area contributed by atoms with E-state index in [2.05, 4.69) is 13.8 Å². The Morgan fingerprint density at radius 1 is 0.588 bits per heavy atom. The molecule has 3 aromatic carbocycles. The van der Waals surface area contributed by atoms with E-state index in [9.17, 15) is 14.4 Å². The average Bonchev–Trinajstić information content (AvgIpc) is 3.14. The van der Waals surface area contributed by atoms with Crippen LogP contribution in [0.25, 0.3) is 11.1 Å². The molecule has 0 spiro atoms. The summed E-state index contributed by atoms with van der Waals surface area (Å²) in [6.45, 7) is 6.90. The summed E-state index contributed by atoms with van der Waals surface area (Å²) >= 11 is 6.51. The van der Waals surface area contributed by atoms with Crippen molar-refractivity contribution >= 4 is 29.5 Å². The van der Waals surface area contributed by atoms with Crippen LogP contribution in [0.2, 0.25) is 5.02 Å². The Hall–Kier alpha value is -3.84. The Morgan fingerprint density at radius 3 is 1.65 bits per heavy atom. The normalized spacial score (nSPS) is 11.5.